The van der Waals surface area contributed by atoms with Crippen molar-refractivity contribution in [3.8, 4) is 0 Å². The first kappa shape index (κ1) is 18.1. The molecule has 2 amide bonds. The number of carbonyl (C=O) groups is 3. The van der Waals surface area contributed by atoms with Crippen LogP contribution >= 0.6 is 0 Å². The fraction of sp³-hybridized carbons (Fsp3) is 0.474. The standard InChI is InChI=1S/C19H23N3O4/c1-12-4-5-13(2)15(10-12)22-16(23)7-6-14(21-22)18(26)20-19(8-3-9-19)11-17(24)25/h4-5,10H,3,6-9,11H2,1-2H3,(H,20,26)(H,24,25). The van der Waals surface area contributed by atoms with E-state index in [-0.39, 0.29) is 36.8 Å². The summed E-state index contributed by atoms with van der Waals surface area (Å²) in [4.78, 5) is 36.1. The van der Waals surface area contributed by atoms with Gasteiger partial charge in [0, 0.05) is 12.8 Å². The Hall–Kier alpha value is -2.70. The van der Waals surface area contributed by atoms with E-state index in [9.17, 15) is 14.4 Å². The summed E-state index contributed by atoms with van der Waals surface area (Å²) in [5.74, 6) is -1.46. The largest absolute Gasteiger partial charge is 0.481 e. The highest BCUT2D eigenvalue weighted by atomic mass is 16.4. The van der Waals surface area contributed by atoms with Crippen LogP contribution in [0.4, 0.5) is 5.69 Å². The molecular weight excluding hydrogens is 334 g/mol. The number of rotatable bonds is 5. The van der Waals surface area contributed by atoms with Gasteiger partial charge in [0.05, 0.1) is 17.6 Å². The number of hydrogen-bond acceptors (Lipinski definition) is 4. The second-order valence-corrected chi connectivity index (χ2v) is 7.20. The molecule has 0 unspecified atom stereocenters. The molecule has 1 heterocycles. The van der Waals surface area contributed by atoms with Crippen LogP contribution in [0.2, 0.25) is 0 Å². The number of carboxylic acid groups (broad SMARTS) is 1. The summed E-state index contributed by atoms with van der Waals surface area (Å²) in [5.41, 5.74) is 2.15. The predicted molar refractivity (Wildman–Crippen MR) is 97.0 cm³/mol. The summed E-state index contributed by atoms with van der Waals surface area (Å²) in [6.07, 6.45) is 2.56. The number of anilines is 1. The molecule has 1 aliphatic heterocycles. The average molecular weight is 357 g/mol. The monoisotopic (exact) mass is 357 g/mol. The van der Waals surface area contributed by atoms with Crippen molar-refractivity contribution in [2.45, 2.75) is 57.9 Å². The normalized spacial score (nSPS) is 18.8. The highest BCUT2D eigenvalue weighted by Gasteiger charge is 2.41. The van der Waals surface area contributed by atoms with Gasteiger partial charge in [-0.25, -0.2) is 5.01 Å². The van der Waals surface area contributed by atoms with Crippen molar-refractivity contribution < 1.29 is 19.5 Å². The highest BCUT2D eigenvalue weighted by molar-refractivity contribution is 6.40. The molecule has 0 aromatic heterocycles. The lowest BCUT2D eigenvalue weighted by Gasteiger charge is -2.41. The van der Waals surface area contributed by atoms with Gasteiger partial charge in [0.1, 0.15) is 5.71 Å². The van der Waals surface area contributed by atoms with Crippen molar-refractivity contribution in [3.63, 3.8) is 0 Å². The molecule has 3 rings (SSSR count). The van der Waals surface area contributed by atoms with E-state index in [1.54, 1.807) is 0 Å². The Morgan fingerprint density at radius 1 is 1.27 bits per heavy atom. The van der Waals surface area contributed by atoms with Gasteiger partial charge < -0.3 is 10.4 Å². The molecule has 2 N–H and O–H groups in total. The molecule has 1 aromatic rings. The molecule has 1 aromatic carbocycles. The molecule has 1 fully saturated rings. The summed E-state index contributed by atoms with van der Waals surface area (Å²) >= 11 is 0. The highest BCUT2D eigenvalue weighted by Crippen LogP contribution is 2.35. The molecule has 0 spiro atoms. The number of carboxylic acids is 1. The number of benzene rings is 1. The number of aliphatic carboxylic acids is 1. The van der Waals surface area contributed by atoms with Gasteiger partial charge in [-0.2, -0.15) is 5.10 Å². The molecule has 1 aliphatic carbocycles. The Morgan fingerprint density at radius 2 is 2.00 bits per heavy atom. The van der Waals surface area contributed by atoms with Crippen molar-refractivity contribution in [1.29, 1.82) is 0 Å². The van der Waals surface area contributed by atoms with E-state index in [0.29, 0.717) is 18.5 Å². The second-order valence-electron chi connectivity index (χ2n) is 7.20. The van der Waals surface area contributed by atoms with E-state index in [0.717, 1.165) is 17.5 Å². The summed E-state index contributed by atoms with van der Waals surface area (Å²) < 4.78 is 0. The Labute approximate surface area is 152 Å². The minimum absolute atomic E-state index is 0.0916. The number of hydrazone groups is 1. The fourth-order valence-corrected chi connectivity index (χ4v) is 3.40. The summed E-state index contributed by atoms with van der Waals surface area (Å²) in [7, 11) is 0. The summed E-state index contributed by atoms with van der Waals surface area (Å²) in [6.45, 7) is 3.82. The Balaban J connectivity index is 1.83. The van der Waals surface area contributed by atoms with Gasteiger partial charge in [-0.15, -0.1) is 0 Å². The summed E-state index contributed by atoms with van der Waals surface area (Å²) in [6, 6.07) is 5.74. The van der Waals surface area contributed by atoms with Crippen LogP contribution in [-0.4, -0.2) is 34.1 Å². The van der Waals surface area contributed by atoms with Crippen LogP contribution in [0.5, 0.6) is 0 Å². The summed E-state index contributed by atoms with van der Waals surface area (Å²) in [5, 5.41) is 17.5. The SMILES string of the molecule is Cc1ccc(C)c(N2N=C(C(=O)NC3(CC(=O)O)CCC3)CCC2=O)c1. The third-order valence-corrected chi connectivity index (χ3v) is 5.07. The number of amides is 2. The molecule has 1 saturated carbocycles. The number of nitrogens with zero attached hydrogens (tertiary/aromatic N) is 2. The number of carbonyl (C=O) groups excluding carboxylic acids is 2. The molecule has 0 bridgehead atoms. The van der Waals surface area contributed by atoms with Crippen LogP contribution in [-0.2, 0) is 14.4 Å². The molecular formula is C19H23N3O4. The van der Waals surface area contributed by atoms with Gasteiger partial charge in [-0.1, -0.05) is 12.1 Å². The van der Waals surface area contributed by atoms with E-state index in [4.69, 9.17) is 5.11 Å². The fourth-order valence-electron chi connectivity index (χ4n) is 3.40. The molecule has 0 radical (unpaired) electrons. The lowest BCUT2D eigenvalue weighted by atomic mass is 9.74. The zero-order valence-electron chi connectivity index (χ0n) is 15.0. The number of hydrogen-bond donors (Lipinski definition) is 2. The van der Waals surface area contributed by atoms with Crippen LogP contribution < -0.4 is 10.3 Å². The van der Waals surface area contributed by atoms with Crippen molar-refractivity contribution in [1.82, 2.24) is 5.32 Å². The quantitative estimate of drug-likeness (QED) is 0.844. The van der Waals surface area contributed by atoms with E-state index in [1.165, 1.54) is 5.01 Å². The van der Waals surface area contributed by atoms with Gasteiger partial charge in [0.25, 0.3) is 5.91 Å². The van der Waals surface area contributed by atoms with Crippen LogP contribution in [0.1, 0.15) is 49.7 Å². The zero-order valence-corrected chi connectivity index (χ0v) is 15.0. The van der Waals surface area contributed by atoms with E-state index < -0.39 is 11.5 Å². The van der Waals surface area contributed by atoms with Crippen LogP contribution in [0.15, 0.2) is 23.3 Å². The molecule has 7 heteroatoms. The van der Waals surface area contributed by atoms with Crippen LogP contribution in [0.25, 0.3) is 0 Å². The van der Waals surface area contributed by atoms with E-state index in [1.807, 2.05) is 32.0 Å². The van der Waals surface area contributed by atoms with Crippen molar-refractivity contribution in [2.24, 2.45) is 5.10 Å². The van der Waals surface area contributed by atoms with Gasteiger partial charge in [-0.3, -0.25) is 14.4 Å². The molecule has 0 atom stereocenters. The maximum Gasteiger partial charge on any atom is 0.305 e. The van der Waals surface area contributed by atoms with E-state index >= 15 is 0 Å². The Bertz CT molecular complexity index is 796. The lowest BCUT2D eigenvalue weighted by molar-refractivity contribution is -0.140. The molecule has 138 valence electrons. The van der Waals surface area contributed by atoms with Gasteiger partial charge in [0.15, 0.2) is 0 Å². The lowest BCUT2D eigenvalue weighted by Crippen LogP contribution is -2.56. The molecule has 0 saturated heterocycles. The van der Waals surface area contributed by atoms with E-state index in [2.05, 4.69) is 10.4 Å². The number of nitrogens with one attached hydrogen (secondary N) is 1. The van der Waals surface area contributed by atoms with Crippen molar-refractivity contribution in [3.05, 3.63) is 29.3 Å². The van der Waals surface area contributed by atoms with Gasteiger partial charge in [-0.05, 0) is 50.3 Å². The van der Waals surface area contributed by atoms with Crippen molar-refractivity contribution >= 4 is 29.2 Å². The first-order chi connectivity index (χ1) is 12.3. The topological polar surface area (TPSA) is 99.1 Å². The first-order valence-corrected chi connectivity index (χ1v) is 8.82. The minimum Gasteiger partial charge on any atom is -0.481 e. The zero-order chi connectivity index (χ0) is 18.9. The second kappa shape index (κ2) is 6.90. The molecule has 26 heavy (non-hydrogen) atoms. The average Bonchev–Trinajstić information content (AvgIpc) is 2.55. The van der Waals surface area contributed by atoms with Crippen molar-refractivity contribution in [2.75, 3.05) is 5.01 Å². The number of aryl methyl sites for hydroxylation is 2. The smallest absolute Gasteiger partial charge is 0.305 e. The van der Waals surface area contributed by atoms with Crippen LogP contribution in [0.3, 0.4) is 0 Å². The Kier molecular flexibility index (Phi) is 4.80. The predicted octanol–water partition coefficient (Wildman–Crippen LogP) is 2.30. The molecule has 2 aliphatic rings. The minimum atomic E-state index is -0.928. The van der Waals surface area contributed by atoms with Crippen LogP contribution in [0, 0.1) is 13.8 Å². The Morgan fingerprint density at radius 3 is 2.62 bits per heavy atom. The first-order valence-electron chi connectivity index (χ1n) is 8.82. The molecule has 7 nitrogen and oxygen atoms in total. The third-order valence-electron chi connectivity index (χ3n) is 5.07. The third kappa shape index (κ3) is 3.61. The van der Waals surface area contributed by atoms with Gasteiger partial charge in [0.2, 0.25) is 5.91 Å². The maximum atomic E-state index is 12.7. The van der Waals surface area contributed by atoms with Gasteiger partial charge >= 0.3 is 5.97 Å². The maximum absolute atomic E-state index is 12.7.